The quantitative estimate of drug-likeness (QED) is 0.417. The van der Waals surface area contributed by atoms with E-state index in [1.807, 2.05) is 30.3 Å². The van der Waals surface area contributed by atoms with Gasteiger partial charge in [0.25, 0.3) is 5.56 Å². The molecule has 0 fully saturated rings. The lowest BCUT2D eigenvalue weighted by atomic mass is 9.86. The van der Waals surface area contributed by atoms with Gasteiger partial charge in [-0.05, 0) is 35.9 Å². The van der Waals surface area contributed by atoms with E-state index >= 15 is 0 Å². The topological polar surface area (TPSA) is 85.8 Å². The summed E-state index contributed by atoms with van der Waals surface area (Å²) in [6.07, 6.45) is 3.98. The normalized spacial score (nSPS) is 14.4. The van der Waals surface area contributed by atoms with Crippen LogP contribution in [0.3, 0.4) is 0 Å². The minimum Gasteiger partial charge on any atom is -0.381 e. The number of nitrogens with zero attached hydrogens (tertiary/aromatic N) is 5. The van der Waals surface area contributed by atoms with E-state index in [1.54, 1.807) is 13.0 Å². The van der Waals surface area contributed by atoms with E-state index in [-0.39, 0.29) is 12.1 Å². The standard InChI is InChI=1S/C24H19F2N5O2/c1-15(24(33,11-30-13-27-12-29-30)20-7-6-18(25)10-21(20)26)31-14-28-22-9-17-5-3-2-4-16(17)8-19(22)23(31)32/h2-10,12-15,33H,11H2,1H3/t15-,24+/m0/s1. The van der Waals surface area contributed by atoms with Crippen molar-refractivity contribution in [3.8, 4) is 0 Å². The van der Waals surface area contributed by atoms with Gasteiger partial charge < -0.3 is 5.11 Å². The predicted octanol–water partition coefficient (Wildman–Crippen LogP) is 3.57. The van der Waals surface area contributed by atoms with Crippen LogP contribution in [0.15, 0.2) is 78.4 Å². The fourth-order valence-corrected chi connectivity index (χ4v) is 4.17. The van der Waals surface area contributed by atoms with Gasteiger partial charge in [0.1, 0.15) is 29.9 Å². The zero-order chi connectivity index (χ0) is 23.2. The lowest BCUT2D eigenvalue weighted by Gasteiger charge is -2.35. The fourth-order valence-electron chi connectivity index (χ4n) is 4.17. The molecule has 166 valence electrons. The summed E-state index contributed by atoms with van der Waals surface area (Å²) in [5.41, 5.74) is -2.02. The zero-order valence-electron chi connectivity index (χ0n) is 17.6. The summed E-state index contributed by atoms with van der Waals surface area (Å²) in [4.78, 5) is 21.7. The lowest BCUT2D eigenvalue weighted by Crippen LogP contribution is -2.43. The third-order valence-electron chi connectivity index (χ3n) is 6.03. The van der Waals surface area contributed by atoms with Crippen molar-refractivity contribution in [3.05, 3.63) is 101 Å². The summed E-state index contributed by atoms with van der Waals surface area (Å²) < 4.78 is 31.0. The second kappa shape index (κ2) is 7.86. The number of hydrogen-bond donors (Lipinski definition) is 1. The molecule has 9 heteroatoms. The summed E-state index contributed by atoms with van der Waals surface area (Å²) in [7, 11) is 0. The van der Waals surface area contributed by atoms with Gasteiger partial charge in [0, 0.05) is 11.6 Å². The molecule has 0 radical (unpaired) electrons. The lowest BCUT2D eigenvalue weighted by molar-refractivity contribution is -0.0343. The Kier molecular flexibility index (Phi) is 4.98. The van der Waals surface area contributed by atoms with E-state index < -0.39 is 28.8 Å². The van der Waals surface area contributed by atoms with Crippen molar-refractivity contribution in [2.24, 2.45) is 0 Å². The third-order valence-corrected chi connectivity index (χ3v) is 6.03. The van der Waals surface area contributed by atoms with Crippen LogP contribution < -0.4 is 5.56 Å². The second-order valence-electron chi connectivity index (χ2n) is 7.99. The molecule has 2 aromatic heterocycles. The van der Waals surface area contributed by atoms with Crippen molar-refractivity contribution in [3.63, 3.8) is 0 Å². The van der Waals surface area contributed by atoms with Crippen LogP contribution in [0.5, 0.6) is 0 Å². The highest BCUT2D eigenvalue weighted by Gasteiger charge is 2.41. The summed E-state index contributed by atoms with van der Waals surface area (Å²) in [5.74, 6) is -1.71. The molecular weight excluding hydrogens is 428 g/mol. The Morgan fingerprint density at radius 3 is 2.52 bits per heavy atom. The van der Waals surface area contributed by atoms with Gasteiger partial charge in [-0.2, -0.15) is 5.10 Å². The van der Waals surface area contributed by atoms with Crippen LogP contribution in [-0.2, 0) is 12.1 Å². The fraction of sp³-hybridized carbons (Fsp3) is 0.167. The van der Waals surface area contributed by atoms with Gasteiger partial charge in [-0.15, -0.1) is 0 Å². The molecule has 5 rings (SSSR count). The first-order valence-corrected chi connectivity index (χ1v) is 10.3. The highest BCUT2D eigenvalue weighted by Crippen LogP contribution is 2.36. The van der Waals surface area contributed by atoms with Crippen molar-refractivity contribution in [2.45, 2.75) is 25.1 Å². The highest BCUT2D eigenvalue weighted by molar-refractivity contribution is 5.95. The Morgan fingerprint density at radius 2 is 1.82 bits per heavy atom. The Balaban J connectivity index is 1.69. The number of rotatable bonds is 5. The Bertz CT molecular complexity index is 1530. The van der Waals surface area contributed by atoms with E-state index in [1.165, 1.54) is 34.3 Å². The monoisotopic (exact) mass is 447 g/mol. The van der Waals surface area contributed by atoms with Crippen molar-refractivity contribution in [1.82, 2.24) is 24.3 Å². The first-order valence-electron chi connectivity index (χ1n) is 10.3. The van der Waals surface area contributed by atoms with Crippen LogP contribution in [0.1, 0.15) is 18.5 Å². The van der Waals surface area contributed by atoms with Crippen LogP contribution in [0.2, 0.25) is 0 Å². The van der Waals surface area contributed by atoms with E-state index in [4.69, 9.17) is 0 Å². The number of fused-ring (bicyclic) bond motifs is 2. The molecule has 0 bridgehead atoms. The van der Waals surface area contributed by atoms with Gasteiger partial charge in [-0.3, -0.25) is 9.36 Å². The van der Waals surface area contributed by atoms with Crippen LogP contribution in [0, 0.1) is 11.6 Å². The molecule has 0 aliphatic heterocycles. The Morgan fingerprint density at radius 1 is 1.06 bits per heavy atom. The molecule has 5 aromatic rings. The summed E-state index contributed by atoms with van der Waals surface area (Å²) >= 11 is 0. The van der Waals surface area contributed by atoms with Crippen LogP contribution in [-0.4, -0.2) is 29.4 Å². The Labute approximate surface area is 186 Å². The average Bonchev–Trinajstić information content (AvgIpc) is 3.30. The van der Waals surface area contributed by atoms with E-state index in [0.717, 1.165) is 16.8 Å². The van der Waals surface area contributed by atoms with Gasteiger partial charge in [-0.1, -0.05) is 30.3 Å². The number of halogens is 2. The molecular formula is C24H19F2N5O2. The molecule has 0 saturated carbocycles. The van der Waals surface area contributed by atoms with Crippen molar-refractivity contribution in [2.75, 3.05) is 0 Å². The molecule has 1 N–H and O–H groups in total. The first-order chi connectivity index (χ1) is 15.9. The number of hydrogen-bond acceptors (Lipinski definition) is 5. The zero-order valence-corrected chi connectivity index (χ0v) is 17.6. The maximum atomic E-state index is 14.8. The molecule has 0 saturated heterocycles. The molecule has 0 unspecified atom stereocenters. The van der Waals surface area contributed by atoms with Crippen molar-refractivity contribution < 1.29 is 13.9 Å². The largest absolute Gasteiger partial charge is 0.381 e. The van der Waals surface area contributed by atoms with E-state index in [0.29, 0.717) is 17.0 Å². The maximum Gasteiger partial charge on any atom is 0.261 e. The summed E-state index contributed by atoms with van der Waals surface area (Å²) in [6.45, 7) is 1.36. The highest BCUT2D eigenvalue weighted by atomic mass is 19.1. The molecule has 3 aromatic carbocycles. The number of benzene rings is 3. The van der Waals surface area contributed by atoms with Crippen LogP contribution in [0.4, 0.5) is 8.78 Å². The summed E-state index contributed by atoms with van der Waals surface area (Å²) in [6, 6.07) is 13.1. The van der Waals surface area contributed by atoms with Gasteiger partial charge in [0.15, 0.2) is 0 Å². The number of aliphatic hydroxyl groups is 1. The van der Waals surface area contributed by atoms with Crippen LogP contribution >= 0.6 is 0 Å². The molecule has 0 amide bonds. The van der Waals surface area contributed by atoms with Gasteiger partial charge in [-0.25, -0.2) is 23.4 Å². The SMILES string of the molecule is C[C@H](n1cnc2cc3ccccc3cc2c1=O)[C@](O)(Cn1cncn1)c1ccc(F)cc1F. The summed E-state index contributed by atoms with van der Waals surface area (Å²) in [5, 5.41) is 18.0. The molecule has 0 aliphatic carbocycles. The molecule has 33 heavy (non-hydrogen) atoms. The molecule has 0 spiro atoms. The first kappa shape index (κ1) is 20.9. The Hall–Kier alpha value is -3.98. The average molecular weight is 447 g/mol. The third kappa shape index (κ3) is 3.56. The van der Waals surface area contributed by atoms with Gasteiger partial charge in [0.2, 0.25) is 0 Å². The van der Waals surface area contributed by atoms with E-state index in [2.05, 4.69) is 15.1 Å². The van der Waals surface area contributed by atoms with Crippen molar-refractivity contribution in [1.29, 1.82) is 0 Å². The van der Waals surface area contributed by atoms with Gasteiger partial charge >= 0.3 is 0 Å². The minimum atomic E-state index is -1.97. The van der Waals surface area contributed by atoms with Gasteiger partial charge in [0.05, 0.1) is 29.8 Å². The number of aromatic nitrogens is 5. The molecule has 2 atom stereocenters. The smallest absolute Gasteiger partial charge is 0.261 e. The predicted molar refractivity (Wildman–Crippen MR) is 118 cm³/mol. The van der Waals surface area contributed by atoms with Crippen molar-refractivity contribution >= 4 is 21.7 Å². The van der Waals surface area contributed by atoms with Crippen LogP contribution in [0.25, 0.3) is 21.7 Å². The second-order valence-corrected chi connectivity index (χ2v) is 7.99. The molecule has 0 aliphatic rings. The maximum absolute atomic E-state index is 14.8. The molecule has 7 nitrogen and oxygen atoms in total. The minimum absolute atomic E-state index is 0.169. The molecule has 2 heterocycles. The van der Waals surface area contributed by atoms with E-state index in [9.17, 15) is 18.7 Å².